The van der Waals surface area contributed by atoms with Gasteiger partial charge in [0.15, 0.2) is 5.13 Å². The van der Waals surface area contributed by atoms with Crippen molar-refractivity contribution in [1.82, 2.24) is 4.98 Å². The number of nitrogens with zero attached hydrogens (tertiary/aromatic N) is 3. The summed E-state index contributed by atoms with van der Waals surface area (Å²) < 4.78 is 13.2. The van der Waals surface area contributed by atoms with Crippen LogP contribution in [-0.4, -0.2) is 23.3 Å². The number of rotatable bonds is 5. The molecule has 2 rings (SSSR count). The summed E-state index contributed by atoms with van der Waals surface area (Å²) in [6.45, 7) is 3.71. The third-order valence-electron chi connectivity index (χ3n) is 3.27. The highest BCUT2D eigenvalue weighted by molar-refractivity contribution is 7.14. The summed E-state index contributed by atoms with van der Waals surface area (Å²) in [5, 5.41) is 13.7. The van der Waals surface area contributed by atoms with Crippen LogP contribution in [-0.2, 0) is 9.59 Å². The summed E-state index contributed by atoms with van der Waals surface area (Å²) in [5.41, 5.74) is 0.456. The van der Waals surface area contributed by atoms with Crippen molar-refractivity contribution in [2.24, 2.45) is 0 Å². The zero-order valence-corrected chi connectivity index (χ0v) is 15.5. The lowest BCUT2D eigenvalue weighted by molar-refractivity contribution is -0.116. The molecule has 134 valence electrons. The second kappa shape index (κ2) is 8.56. The molecule has 0 aliphatic heterocycles. The molecule has 0 atom stereocenters. The van der Waals surface area contributed by atoms with Gasteiger partial charge in [-0.1, -0.05) is 11.6 Å². The molecule has 6 nitrogen and oxygen atoms in total. The first-order valence-corrected chi connectivity index (χ1v) is 8.73. The van der Waals surface area contributed by atoms with Gasteiger partial charge >= 0.3 is 0 Å². The standard InChI is InChI=1S/C17H14ClFN4O2S/c1-3-23(10(2)24)17-22-13(9-26-17)6-11(8-20)16(25)21-12-4-5-15(19)14(18)7-12/h4-7,9H,3H2,1-2H3,(H,21,25). The number of carbonyl (C=O) groups is 2. The van der Waals surface area contributed by atoms with Gasteiger partial charge in [0.05, 0.1) is 10.7 Å². The van der Waals surface area contributed by atoms with E-state index in [-0.39, 0.29) is 22.2 Å². The number of nitriles is 1. The van der Waals surface area contributed by atoms with Gasteiger partial charge in [0, 0.05) is 24.5 Å². The molecule has 0 bridgehead atoms. The zero-order valence-electron chi connectivity index (χ0n) is 13.9. The van der Waals surface area contributed by atoms with Crippen LogP contribution < -0.4 is 10.2 Å². The molecule has 0 aliphatic rings. The second-order valence-corrected chi connectivity index (χ2v) is 6.31. The number of benzene rings is 1. The molecule has 0 unspecified atom stereocenters. The minimum Gasteiger partial charge on any atom is -0.321 e. The lowest BCUT2D eigenvalue weighted by atomic mass is 10.2. The minimum absolute atomic E-state index is 0.140. The van der Waals surface area contributed by atoms with Gasteiger partial charge in [0.2, 0.25) is 5.91 Å². The van der Waals surface area contributed by atoms with Crippen LogP contribution in [0.2, 0.25) is 5.02 Å². The molecular weight excluding hydrogens is 379 g/mol. The number of hydrogen-bond acceptors (Lipinski definition) is 5. The summed E-state index contributed by atoms with van der Waals surface area (Å²) in [6, 6.07) is 5.49. The maximum atomic E-state index is 13.2. The van der Waals surface area contributed by atoms with Gasteiger partial charge in [-0.15, -0.1) is 11.3 Å². The average molecular weight is 393 g/mol. The third-order valence-corrected chi connectivity index (χ3v) is 4.44. The van der Waals surface area contributed by atoms with E-state index in [1.807, 2.05) is 6.92 Å². The Balaban J connectivity index is 2.20. The highest BCUT2D eigenvalue weighted by Gasteiger charge is 2.15. The number of nitrogens with one attached hydrogen (secondary N) is 1. The first-order valence-electron chi connectivity index (χ1n) is 7.47. The fourth-order valence-corrected chi connectivity index (χ4v) is 3.10. The van der Waals surface area contributed by atoms with E-state index >= 15 is 0 Å². The Morgan fingerprint density at radius 2 is 2.23 bits per heavy atom. The minimum atomic E-state index is -0.677. The highest BCUT2D eigenvalue weighted by Crippen LogP contribution is 2.23. The van der Waals surface area contributed by atoms with Crippen molar-refractivity contribution in [2.75, 3.05) is 16.8 Å². The third kappa shape index (κ3) is 4.65. The summed E-state index contributed by atoms with van der Waals surface area (Å²) in [5.74, 6) is -1.44. The van der Waals surface area contributed by atoms with E-state index in [4.69, 9.17) is 11.6 Å². The number of aromatic nitrogens is 1. The zero-order chi connectivity index (χ0) is 19.3. The molecule has 26 heavy (non-hydrogen) atoms. The van der Waals surface area contributed by atoms with Gasteiger partial charge in [-0.25, -0.2) is 9.37 Å². The van der Waals surface area contributed by atoms with Crippen molar-refractivity contribution < 1.29 is 14.0 Å². The van der Waals surface area contributed by atoms with Crippen LogP contribution in [0.15, 0.2) is 29.2 Å². The Bertz CT molecular complexity index is 920. The summed E-state index contributed by atoms with van der Waals surface area (Å²) in [7, 11) is 0. The number of halogens is 2. The van der Waals surface area contributed by atoms with E-state index in [0.29, 0.717) is 17.4 Å². The number of thiazole rings is 1. The predicted octanol–water partition coefficient (Wildman–Crippen LogP) is 3.85. The number of amides is 2. The van der Waals surface area contributed by atoms with Crippen molar-refractivity contribution in [2.45, 2.75) is 13.8 Å². The van der Waals surface area contributed by atoms with Crippen LogP contribution in [0.1, 0.15) is 19.5 Å². The van der Waals surface area contributed by atoms with E-state index in [1.54, 1.807) is 11.4 Å². The average Bonchev–Trinajstić information content (AvgIpc) is 3.04. The van der Waals surface area contributed by atoms with E-state index < -0.39 is 11.7 Å². The Morgan fingerprint density at radius 3 is 2.81 bits per heavy atom. The van der Waals surface area contributed by atoms with E-state index in [0.717, 1.165) is 6.07 Å². The molecule has 0 fully saturated rings. The van der Waals surface area contributed by atoms with Gasteiger partial charge in [0.1, 0.15) is 17.5 Å². The quantitative estimate of drug-likeness (QED) is 0.618. The maximum absolute atomic E-state index is 13.2. The van der Waals surface area contributed by atoms with E-state index in [1.165, 1.54) is 41.4 Å². The van der Waals surface area contributed by atoms with Gasteiger partial charge in [-0.3, -0.25) is 14.5 Å². The van der Waals surface area contributed by atoms with Crippen molar-refractivity contribution in [3.63, 3.8) is 0 Å². The van der Waals surface area contributed by atoms with Crippen molar-refractivity contribution in [1.29, 1.82) is 5.26 Å². The Labute approximate surface area is 158 Å². The second-order valence-electron chi connectivity index (χ2n) is 5.07. The first kappa shape index (κ1) is 19.6. The number of anilines is 2. The predicted molar refractivity (Wildman–Crippen MR) is 99.4 cm³/mol. The molecule has 1 heterocycles. The molecule has 0 saturated carbocycles. The van der Waals surface area contributed by atoms with E-state index in [2.05, 4.69) is 10.3 Å². The molecular formula is C17H14ClFN4O2S. The van der Waals surface area contributed by atoms with Gasteiger partial charge in [-0.2, -0.15) is 5.26 Å². The summed E-state index contributed by atoms with van der Waals surface area (Å²) in [6.07, 6.45) is 1.31. The summed E-state index contributed by atoms with van der Waals surface area (Å²) >= 11 is 6.90. The molecule has 9 heteroatoms. The van der Waals surface area contributed by atoms with Crippen molar-refractivity contribution in [3.8, 4) is 6.07 Å². The smallest absolute Gasteiger partial charge is 0.266 e. The Morgan fingerprint density at radius 1 is 1.50 bits per heavy atom. The van der Waals surface area contributed by atoms with Crippen molar-refractivity contribution in [3.05, 3.63) is 45.7 Å². The van der Waals surface area contributed by atoms with Gasteiger partial charge in [0.25, 0.3) is 5.91 Å². The van der Waals surface area contributed by atoms with Crippen LogP contribution in [0.25, 0.3) is 6.08 Å². The number of carbonyl (C=O) groups excluding carboxylic acids is 2. The van der Waals surface area contributed by atoms with Crippen LogP contribution in [0.4, 0.5) is 15.2 Å². The Kier molecular flexibility index (Phi) is 6.44. The highest BCUT2D eigenvalue weighted by atomic mass is 35.5. The van der Waals surface area contributed by atoms with Gasteiger partial charge in [-0.05, 0) is 31.2 Å². The summed E-state index contributed by atoms with van der Waals surface area (Å²) in [4.78, 5) is 29.5. The molecule has 2 aromatic rings. The Hall–Kier alpha value is -2.76. The van der Waals surface area contributed by atoms with Crippen LogP contribution >= 0.6 is 22.9 Å². The molecule has 0 radical (unpaired) electrons. The lowest BCUT2D eigenvalue weighted by Gasteiger charge is -2.14. The lowest BCUT2D eigenvalue weighted by Crippen LogP contribution is -2.27. The van der Waals surface area contributed by atoms with Crippen LogP contribution in [0.5, 0.6) is 0 Å². The maximum Gasteiger partial charge on any atom is 0.266 e. The normalized spacial score (nSPS) is 11.0. The fourth-order valence-electron chi connectivity index (χ4n) is 2.03. The SMILES string of the molecule is CCN(C(C)=O)c1nc(C=C(C#N)C(=O)Nc2ccc(F)c(Cl)c2)cs1. The first-order chi connectivity index (χ1) is 12.3. The van der Waals surface area contributed by atoms with Crippen LogP contribution in [0.3, 0.4) is 0 Å². The molecule has 2 amide bonds. The molecule has 1 aromatic heterocycles. The number of hydrogen-bond donors (Lipinski definition) is 1. The van der Waals surface area contributed by atoms with Crippen LogP contribution in [0, 0.1) is 17.1 Å². The molecule has 0 saturated heterocycles. The topological polar surface area (TPSA) is 86.1 Å². The van der Waals surface area contributed by atoms with E-state index in [9.17, 15) is 19.2 Å². The molecule has 0 aliphatic carbocycles. The van der Waals surface area contributed by atoms with Crippen molar-refractivity contribution >= 4 is 51.6 Å². The largest absolute Gasteiger partial charge is 0.321 e. The monoisotopic (exact) mass is 392 g/mol. The van der Waals surface area contributed by atoms with Gasteiger partial charge < -0.3 is 5.32 Å². The molecule has 1 N–H and O–H groups in total. The molecule has 1 aromatic carbocycles. The molecule has 0 spiro atoms. The fraction of sp³-hybridized carbons (Fsp3) is 0.176.